The molecule has 0 bridgehead atoms. The van der Waals surface area contributed by atoms with E-state index in [1.807, 2.05) is 36.3 Å². The van der Waals surface area contributed by atoms with Gasteiger partial charge in [0.2, 0.25) is 5.91 Å². The smallest absolute Gasteiger partial charge is 0.235 e. The van der Waals surface area contributed by atoms with E-state index >= 15 is 0 Å². The summed E-state index contributed by atoms with van der Waals surface area (Å²) >= 11 is 5.83. The molecule has 1 heterocycles. The monoisotopic (exact) mass is 229 g/mol. The molecule has 0 N–H and O–H groups in total. The highest BCUT2D eigenvalue weighted by Crippen LogP contribution is 2.13. The van der Waals surface area contributed by atoms with Gasteiger partial charge in [0.15, 0.2) is 0 Å². The molecule has 2 nitrogen and oxygen atoms in total. The summed E-state index contributed by atoms with van der Waals surface area (Å²) in [6.07, 6.45) is 0. The van der Waals surface area contributed by atoms with Crippen LogP contribution in [0.5, 0.6) is 0 Å². The van der Waals surface area contributed by atoms with Crippen LogP contribution in [0, 0.1) is 0 Å². The van der Waals surface area contributed by atoms with Gasteiger partial charge in [-0.25, -0.2) is 0 Å². The molecule has 0 aliphatic heterocycles. The number of carbonyl (C=O) groups is 1. The molecule has 0 fully saturated rings. The summed E-state index contributed by atoms with van der Waals surface area (Å²) < 4.78 is 0. The topological polar surface area (TPSA) is 20.3 Å². The van der Waals surface area contributed by atoms with Crippen molar-refractivity contribution in [3.63, 3.8) is 0 Å². The van der Waals surface area contributed by atoms with Gasteiger partial charge in [0.1, 0.15) is 0 Å². The van der Waals surface area contributed by atoms with Crippen molar-refractivity contribution in [2.45, 2.75) is 25.6 Å². The summed E-state index contributed by atoms with van der Waals surface area (Å²) in [5.41, 5.74) is 0. The molecule has 1 amide bonds. The van der Waals surface area contributed by atoms with Crippen LogP contribution < -0.4 is 0 Å². The van der Waals surface area contributed by atoms with Crippen LogP contribution in [0.4, 0.5) is 0 Å². The van der Waals surface area contributed by atoms with Crippen LogP contribution >= 0.6 is 24.0 Å². The van der Waals surface area contributed by atoms with E-state index in [9.17, 15) is 4.79 Å². The molecule has 1 unspecified atom stereocenters. The number of thiol groups is 1. The lowest BCUT2D eigenvalue weighted by atomic mass is 10.3. The number of amides is 1. The molecule has 0 saturated heterocycles. The zero-order chi connectivity index (χ0) is 10.6. The number of carbonyl (C=O) groups excluding carboxylic acids is 1. The quantitative estimate of drug-likeness (QED) is 0.786. The number of hydrogen-bond acceptors (Lipinski definition) is 3. The van der Waals surface area contributed by atoms with E-state index in [1.165, 1.54) is 4.88 Å². The molecule has 78 valence electrons. The van der Waals surface area contributed by atoms with Crippen molar-refractivity contribution in [3.05, 3.63) is 22.4 Å². The Morgan fingerprint density at radius 2 is 2.43 bits per heavy atom. The summed E-state index contributed by atoms with van der Waals surface area (Å²) in [4.78, 5) is 14.7. The van der Waals surface area contributed by atoms with Gasteiger partial charge in [-0.05, 0) is 25.3 Å². The average molecular weight is 229 g/mol. The maximum absolute atomic E-state index is 11.7. The Kier molecular flexibility index (Phi) is 4.48. The molecule has 1 aromatic heterocycles. The fraction of sp³-hybridized carbons (Fsp3) is 0.500. The van der Waals surface area contributed by atoms with Crippen LogP contribution in [0.3, 0.4) is 0 Å². The standard InChI is InChI=1S/C10H15NOS2/c1-3-11(10(12)8(2)13)7-9-5-4-6-14-9/h4-6,8,13H,3,7H2,1-2H3. The van der Waals surface area contributed by atoms with Crippen molar-refractivity contribution in [1.29, 1.82) is 0 Å². The highest BCUT2D eigenvalue weighted by atomic mass is 32.1. The highest BCUT2D eigenvalue weighted by Gasteiger charge is 2.16. The predicted octanol–water partition coefficient (Wildman–Crippen LogP) is 2.41. The second kappa shape index (κ2) is 5.41. The highest BCUT2D eigenvalue weighted by molar-refractivity contribution is 7.81. The van der Waals surface area contributed by atoms with Gasteiger partial charge in [-0.1, -0.05) is 6.07 Å². The van der Waals surface area contributed by atoms with E-state index in [1.54, 1.807) is 11.3 Å². The zero-order valence-corrected chi connectivity index (χ0v) is 10.1. The van der Waals surface area contributed by atoms with Gasteiger partial charge in [-0.2, -0.15) is 12.6 Å². The SMILES string of the molecule is CCN(Cc1cccs1)C(=O)C(C)S. The van der Waals surface area contributed by atoms with Crippen LogP contribution in [0.1, 0.15) is 18.7 Å². The second-order valence-corrected chi connectivity index (χ2v) is 4.91. The van der Waals surface area contributed by atoms with E-state index in [0.29, 0.717) is 6.54 Å². The maximum Gasteiger partial charge on any atom is 0.235 e. The van der Waals surface area contributed by atoms with Crippen LogP contribution in [0.15, 0.2) is 17.5 Å². The van der Waals surface area contributed by atoms with Crippen LogP contribution in [0.2, 0.25) is 0 Å². The summed E-state index contributed by atoms with van der Waals surface area (Å²) in [6.45, 7) is 5.24. The van der Waals surface area contributed by atoms with Gasteiger partial charge in [0.25, 0.3) is 0 Å². The summed E-state index contributed by atoms with van der Waals surface area (Å²) in [5.74, 6) is 0.101. The van der Waals surface area contributed by atoms with Crippen molar-refractivity contribution in [2.24, 2.45) is 0 Å². The molecule has 1 rings (SSSR count). The van der Waals surface area contributed by atoms with E-state index in [4.69, 9.17) is 0 Å². The predicted molar refractivity (Wildman–Crippen MR) is 63.9 cm³/mol. The third kappa shape index (κ3) is 3.03. The Morgan fingerprint density at radius 1 is 1.71 bits per heavy atom. The molecule has 1 atom stereocenters. The minimum atomic E-state index is -0.213. The Labute approximate surface area is 94.3 Å². The van der Waals surface area contributed by atoms with Gasteiger partial charge in [0, 0.05) is 11.4 Å². The zero-order valence-electron chi connectivity index (χ0n) is 8.43. The minimum absolute atomic E-state index is 0.101. The first-order chi connectivity index (χ1) is 6.65. The number of rotatable bonds is 4. The Balaban J connectivity index is 2.60. The molecule has 1 aromatic rings. The van der Waals surface area contributed by atoms with Gasteiger partial charge >= 0.3 is 0 Å². The van der Waals surface area contributed by atoms with Crippen molar-refractivity contribution in [1.82, 2.24) is 4.90 Å². The first kappa shape index (κ1) is 11.6. The van der Waals surface area contributed by atoms with Crippen molar-refractivity contribution in [2.75, 3.05) is 6.54 Å². The number of nitrogens with zero attached hydrogens (tertiary/aromatic N) is 1. The molecule has 14 heavy (non-hydrogen) atoms. The van der Waals surface area contributed by atoms with E-state index in [-0.39, 0.29) is 11.2 Å². The third-order valence-corrected chi connectivity index (χ3v) is 3.06. The molecule has 0 spiro atoms. The van der Waals surface area contributed by atoms with Gasteiger partial charge in [-0.3, -0.25) is 4.79 Å². The van der Waals surface area contributed by atoms with Crippen LogP contribution in [-0.2, 0) is 11.3 Å². The van der Waals surface area contributed by atoms with Crippen molar-refractivity contribution >= 4 is 29.9 Å². The average Bonchev–Trinajstić information content (AvgIpc) is 2.65. The maximum atomic E-state index is 11.7. The molecule has 0 saturated carbocycles. The molecule has 0 aromatic carbocycles. The lowest BCUT2D eigenvalue weighted by Gasteiger charge is -2.21. The van der Waals surface area contributed by atoms with Gasteiger partial charge in [-0.15, -0.1) is 11.3 Å². The lowest BCUT2D eigenvalue weighted by Crippen LogP contribution is -2.34. The van der Waals surface area contributed by atoms with E-state index < -0.39 is 0 Å². The van der Waals surface area contributed by atoms with Crippen LogP contribution in [-0.4, -0.2) is 22.6 Å². The molecular formula is C10H15NOS2. The lowest BCUT2D eigenvalue weighted by molar-refractivity contribution is -0.130. The molecule has 0 aliphatic carbocycles. The number of hydrogen-bond donors (Lipinski definition) is 1. The third-order valence-electron chi connectivity index (χ3n) is 1.98. The molecule has 0 aliphatic rings. The second-order valence-electron chi connectivity index (χ2n) is 3.11. The van der Waals surface area contributed by atoms with Crippen LogP contribution in [0.25, 0.3) is 0 Å². The number of thiophene rings is 1. The summed E-state index contributed by atoms with van der Waals surface area (Å²) in [6, 6.07) is 4.05. The fourth-order valence-electron chi connectivity index (χ4n) is 1.20. The Bertz CT molecular complexity index is 282. The Hall–Kier alpha value is -0.480. The fourth-order valence-corrected chi connectivity index (χ4v) is 2.08. The normalized spacial score (nSPS) is 12.5. The van der Waals surface area contributed by atoms with E-state index in [2.05, 4.69) is 12.6 Å². The molecule has 4 heteroatoms. The largest absolute Gasteiger partial charge is 0.337 e. The minimum Gasteiger partial charge on any atom is -0.337 e. The first-order valence-electron chi connectivity index (χ1n) is 4.64. The van der Waals surface area contributed by atoms with Crippen molar-refractivity contribution < 1.29 is 4.79 Å². The molecule has 0 radical (unpaired) electrons. The van der Waals surface area contributed by atoms with Crippen molar-refractivity contribution in [3.8, 4) is 0 Å². The van der Waals surface area contributed by atoms with Gasteiger partial charge < -0.3 is 4.90 Å². The first-order valence-corrected chi connectivity index (χ1v) is 6.04. The summed E-state index contributed by atoms with van der Waals surface area (Å²) in [5, 5.41) is 1.81. The van der Waals surface area contributed by atoms with E-state index in [0.717, 1.165) is 6.54 Å². The Morgan fingerprint density at radius 3 is 2.86 bits per heavy atom. The summed E-state index contributed by atoms with van der Waals surface area (Å²) in [7, 11) is 0. The van der Waals surface area contributed by atoms with Gasteiger partial charge in [0.05, 0.1) is 11.8 Å². The molecular weight excluding hydrogens is 214 g/mol.